The molecule has 0 atom stereocenters. The van der Waals surface area contributed by atoms with Gasteiger partial charge in [-0.3, -0.25) is 0 Å². The first-order chi connectivity index (χ1) is 2.00. The lowest BCUT2D eigenvalue weighted by molar-refractivity contribution is 0.363. The van der Waals surface area contributed by atoms with E-state index in [1.807, 2.05) is 0 Å². The van der Waals surface area contributed by atoms with Gasteiger partial charge in [-0.1, -0.05) is 0 Å². The third-order valence-corrected chi connectivity index (χ3v) is 0. The van der Waals surface area contributed by atoms with Crippen LogP contribution in [0.5, 0.6) is 0 Å². The Balaban J connectivity index is 3.47. The van der Waals surface area contributed by atoms with E-state index >= 15 is 0 Å². The summed E-state index contributed by atoms with van der Waals surface area (Å²) < 4.78 is 0. The van der Waals surface area contributed by atoms with Crippen molar-refractivity contribution in [1.82, 2.24) is 0 Å². The first-order valence-corrected chi connectivity index (χ1v) is 3.44. The van der Waals surface area contributed by atoms with Gasteiger partial charge in [0.1, 0.15) is 0 Å². The molecule has 0 rings (SSSR count). The lowest BCUT2D eigenvalue weighted by atomic mass is 15.8. The molecule has 0 aromatic rings. The highest BCUT2D eigenvalue weighted by atomic mass is 35.1. The SMILES string of the molecule is OP(O)(O)=[35S]. The Morgan fingerprint density at radius 3 is 1.20 bits per heavy atom. The quantitative estimate of drug-likeness (QED) is 0.363. The Labute approximate surface area is 34.1 Å². The summed E-state index contributed by atoms with van der Waals surface area (Å²) in [6.07, 6.45) is 0. The molecule has 0 saturated heterocycles. The summed E-state index contributed by atoms with van der Waals surface area (Å²) in [6.45, 7) is -3.81. The van der Waals surface area contributed by atoms with Gasteiger partial charge in [0.15, 0.2) is 0 Å². The molecule has 32 valence electrons. The molecule has 0 saturated carbocycles. The summed E-state index contributed by atoms with van der Waals surface area (Å²) in [6, 6.07) is 0. The Bertz CT molecular complexity index is 53.0. The van der Waals surface area contributed by atoms with E-state index in [0.717, 1.165) is 0 Å². The number of hydrogen-bond acceptors (Lipinski definition) is 1. The van der Waals surface area contributed by atoms with Crippen LogP contribution in [-0.2, 0) is 11.8 Å². The van der Waals surface area contributed by atoms with E-state index in [1.165, 1.54) is 0 Å². The molecule has 0 radical (unpaired) electrons. The molecule has 0 fully saturated rings. The van der Waals surface area contributed by atoms with Gasteiger partial charge < -0.3 is 14.7 Å². The predicted molar refractivity (Wildman–Crippen MR) is 20.9 cm³/mol. The maximum atomic E-state index is 7.56. The van der Waals surface area contributed by atoms with Gasteiger partial charge in [-0.05, 0) is 11.8 Å². The van der Waals surface area contributed by atoms with Gasteiger partial charge >= 0.3 is 6.72 Å². The van der Waals surface area contributed by atoms with Crippen molar-refractivity contribution in [2.45, 2.75) is 0 Å². The number of hydrogen-bond donors (Lipinski definition) is 3. The fraction of sp³-hybridized carbons (Fsp3) is 0. The second-order valence-electron chi connectivity index (χ2n) is 0.513. The molecule has 3 N–H and O–H groups in total. The minimum atomic E-state index is -3.81. The molecule has 0 aromatic carbocycles. The van der Waals surface area contributed by atoms with Gasteiger partial charge in [0.2, 0.25) is 0 Å². The normalized spacial score (nSPS) is 11.8. The van der Waals surface area contributed by atoms with Crippen LogP contribution in [0.25, 0.3) is 0 Å². The first-order valence-electron chi connectivity index (χ1n) is 0.783. The molecule has 0 aliphatic heterocycles. The van der Waals surface area contributed by atoms with Crippen LogP contribution in [0.2, 0.25) is 0 Å². The van der Waals surface area contributed by atoms with Gasteiger partial charge in [0, 0.05) is 0 Å². The molecular weight excluding hydrogens is 114 g/mol. The van der Waals surface area contributed by atoms with Crippen LogP contribution in [0.1, 0.15) is 0 Å². The van der Waals surface area contributed by atoms with Gasteiger partial charge in [-0.25, -0.2) is 0 Å². The molecule has 3 nitrogen and oxygen atoms in total. The van der Waals surface area contributed by atoms with Crippen molar-refractivity contribution in [2.75, 3.05) is 0 Å². The van der Waals surface area contributed by atoms with Crippen LogP contribution in [0, 0.1) is 0 Å². The highest BCUT2D eigenvalue weighted by Crippen LogP contribution is 2.26. The van der Waals surface area contributed by atoms with Crippen LogP contribution in [0.15, 0.2) is 0 Å². The van der Waals surface area contributed by atoms with Crippen LogP contribution in [-0.4, -0.2) is 14.7 Å². The first kappa shape index (κ1) is 5.53. The minimum Gasteiger partial charge on any atom is -0.325 e. The summed E-state index contributed by atoms with van der Waals surface area (Å²) in [4.78, 5) is 22.7. The van der Waals surface area contributed by atoms with Crippen molar-refractivity contribution in [3.63, 3.8) is 0 Å². The lowest BCUT2D eigenvalue weighted by Crippen LogP contribution is -1.65. The van der Waals surface area contributed by atoms with Crippen molar-refractivity contribution in [2.24, 2.45) is 0 Å². The molecule has 5 heteroatoms. The third kappa shape index (κ3) is 103. The van der Waals surface area contributed by atoms with E-state index in [-0.39, 0.29) is 0 Å². The van der Waals surface area contributed by atoms with E-state index in [1.54, 1.807) is 0 Å². The fourth-order valence-electron chi connectivity index (χ4n) is 0. The third-order valence-electron chi connectivity index (χ3n) is 0. The second kappa shape index (κ2) is 1.32. The Hall–Kier alpha value is 0.530. The van der Waals surface area contributed by atoms with Crippen molar-refractivity contribution >= 4 is 18.5 Å². The summed E-state index contributed by atoms with van der Waals surface area (Å²) in [7, 11) is 0. The average molecular weight is 117 g/mol. The van der Waals surface area contributed by atoms with Crippen molar-refractivity contribution in [3.05, 3.63) is 0 Å². The molecule has 0 spiro atoms. The summed E-state index contributed by atoms with van der Waals surface area (Å²) >= 11 is 3.60. The predicted octanol–water partition coefficient (Wildman–Crippen LogP) is -0.812. The smallest absolute Gasteiger partial charge is 0.319 e. The van der Waals surface area contributed by atoms with E-state index in [0.29, 0.717) is 0 Å². The largest absolute Gasteiger partial charge is 0.325 e. The highest BCUT2D eigenvalue weighted by Gasteiger charge is 1.92. The van der Waals surface area contributed by atoms with Crippen LogP contribution in [0.3, 0.4) is 0 Å². The van der Waals surface area contributed by atoms with Gasteiger partial charge in [-0.2, -0.15) is 0 Å². The van der Waals surface area contributed by atoms with E-state index in [4.69, 9.17) is 14.7 Å². The molecule has 0 amide bonds. The van der Waals surface area contributed by atoms with E-state index in [2.05, 4.69) is 11.8 Å². The molecular formula is H3O3PS. The maximum absolute atomic E-state index is 7.56. The molecule has 0 heterocycles. The lowest BCUT2D eigenvalue weighted by Gasteiger charge is -1.88. The zero-order valence-electron chi connectivity index (χ0n) is 2.20. The summed E-state index contributed by atoms with van der Waals surface area (Å²) in [5.41, 5.74) is 0. The van der Waals surface area contributed by atoms with Gasteiger partial charge in [0.05, 0.1) is 0 Å². The number of rotatable bonds is 0. The standard InChI is InChI=1S/H3O3PS/c1-4(2,3)5/h(H3,1,2,3,5)/i5+3. The van der Waals surface area contributed by atoms with E-state index < -0.39 is 6.72 Å². The van der Waals surface area contributed by atoms with Crippen LogP contribution < -0.4 is 0 Å². The second-order valence-corrected chi connectivity index (χ2v) is 3.01. The molecule has 0 aliphatic carbocycles. The van der Waals surface area contributed by atoms with Crippen molar-refractivity contribution in [3.8, 4) is 0 Å². The summed E-state index contributed by atoms with van der Waals surface area (Å²) in [5.74, 6) is 0. The monoisotopic (exact) mass is 117 g/mol. The molecule has 0 aromatic heterocycles. The van der Waals surface area contributed by atoms with Crippen LogP contribution >= 0.6 is 6.72 Å². The van der Waals surface area contributed by atoms with Crippen molar-refractivity contribution < 1.29 is 14.7 Å². The molecule has 5 heavy (non-hydrogen) atoms. The zero-order valence-corrected chi connectivity index (χ0v) is 3.91. The Morgan fingerprint density at radius 2 is 1.20 bits per heavy atom. The zero-order chi connectivity index (χ0) is 4.50. The van der Waals surface area contributed by atoms with Gasteiger partial charge in [0.25, 0.3) is 0 Å². The van der Waals surface area contributed by atoms with Gasteiger partial charge in [-0.15, -0.1) is 0 Å². The van der Waals surface area contributed by atoms with Crippen LogP contribution in [0.4, 0.5) is 0 Å². The average Bonchev–Trinajstić information content (AvgIpc) is 0.722. The Kier molecular flexibility index (Phi) is 1.46. The molecule has 0 aliphatic rings. The minimum absolute atomic E-state index is 3.60. The summed E-state index contributed by atoms with van der Waals surface area (Å²) in [5, 5.41) is 0. The molecule has 0 bridgehead atoms. The topological polar surface area (TPSA) is 60.7 Å². The fourth-order valence-corrected chi connectivity index (χ4v) is 0. The Morgan fingerprint density at radius 1 is 1.20 bits per heavy atom. The highest BCUT2D eigenvalue weighted by molar-refractivity contribution is 8.06. The van der Waals surface area contributed by atoms with E-state index in [9.17, 15) is 0 Å². The van der Waals surface area contributed by atoms with Crippen molar-refractivity contribution in [1.29, 1.82) is 0 Å². The molecule has 0 unspecified atom stereocenters. The maximum Gasteiger partial charge on any atom is 0.319 e.